The highest BCUT2D eigenvalue weighted by molar-refractivity contribution is 14.0. The normalized spacial score (nSPS) is 14.3. The maximum Gasteiger partial charge on any atom is 0.255 e. The Morgan fingerprint density at radius 1 is 1.10 bits per heavy atom. The molecule has 9 heteroatoms. The van der Waals surface area contributed by atoms with Crippen molar-refractivity contribution in [2.75, 3.05) is 44.2 Å². The highest BCUT2D eigenvalue weighted by Gasteiger charge is 2.18. The minimum Gasteiger partial charge on any atom is -0.507 e. The van der Waals surface area contributed by atoms with Crippen LogP contribution in [0.2, 0.25) is 0 Å². The summed E-state index contributed by atoms with van der Waals surface area (Å²) in [6.07, 6.45) is 0. The highest BCUT2D eigenvalue weighted by Crippen LogP contribution is 2.17. The molecule has 0 aromatic heterocycles. The number of guanidine groups is 1. The van der Waals surface area contributed by atoms with Gasteiger partial charge >= 0.3 is 0 Å². The van der Waals surface area contributed by atoms with E-state index >= 15 is 0 Å². The van der Waals surface area contributed by atoms with Crippen LogP contribution in [0.4, 0.5) is 10.1 Å². The van der Waals surface area contributed by atoms with Gasteiger partial charge in [-0.2, -0.15) is 0 Å². The van der Waals surface area contributed by atoms with E-state index in [2.05, 4.69) is 15.2 Å². The predicted octanol–water partition coefficient (Wildman–Crippen LogP) is 2.02. The first-order chi connectivity index (χ1) is 13.5. The smallest absolute Gasteiger partial charge is 0.255 e. The number of phenols is 1. The van der Waals surface area contributed by atoms with Crippen molar-refractivity contribution in [1.82, 2.24) is 10.2 Å². The molecule has 1 heterocycles. The number of aliphatic imine (C=N–C) groups is 1. The second-order valence-electron chi connectivity index (χ2n) is 6.46. The molecule has 1 fully saturated rings. The lowest BCUT2D eigenvalue weighted by Crippen LogP contribution is -2.51. The van der Waals surface area contributed by atoms with Crippen molar-refractivity contribution in [3.05, 3.63) is 59.9 Å². The van der Waals surface area contributed by atoms with E-state index in [4.69, 9.17) is 5.73 Å². The van der Waals surface area contributed by atoms with Gasteiger partial charge in [-0.1, -0.05) is 12.1 Å². The number of piperazine rings is 1. The fourth-order valence-electron chi connectivity index (χ4n) is 3.05. The van der Waals surface area contributed by atoms with Crippen molar-refractivity contribution < 1.29 is 14.3 Å². The number of benzene rings is 2. The first kappa shape index (κ1) is 22.7. The number of phenolic OH excluding ortho intramolecular Hbond substituents is 1. The first-order valence-electron chi connectivity index (χ1n) is 9.16. The van der Waals surface area contributed by atoms with Gasteiger partial charge in [-0.05, 0) is 36.4 Å². The van der Waals surface area contributed by atoms with Crippen molar-refractivity contribution in [3.8, 4) is 5.75 Å². The molecule has 29 heavy (non-hydrogen) atoms. The van der Waals surface area contributed by atoms with E-state index in [1.807, 2.05) is 4.90 Å². The number of nitrogens with one attached hydrogen (secondary N) is 1. The standard InChI is InChI=1S/C20H24FN5O2.HI/c21-15-5-7-16(8-6-15)25-11-13-26(14-12-25)20(22)24-10-9-23-19(28)17-3-1-2-4-18(17)27;/h1-8,27H,9-14H2,(H2,22,24)(H,23,28);1H. The number of carbonyl (C=O) groups is 1. The van der Waals surface area contributed by atoms with Crippen molar-refractivity contribution >= 4 is 41.5 Å². The molecular formula is C20H25FIN5O2. The molecule has 0 unspecified atom stereocenters. The molecule has 156 valence electrons. The minimum absolute atomic E-state index is 0. The van der Waals surface area contributed by atoms with E-state index in [-0.39, 0.29) is 47.0 Å². The third-order valence-electron chi connectivity index (χ3n) is 4.62. The van der Waals surface area contributed by atoms with Gasteiger partial charge in [0.15, 0.2) is 5.96 Å². The van der Waals surface area contributed by atoms with E-state index in [1.165, 1.54) is 18.2 Å². The average Bonchev–Trinajstić information content (AvgIpc) is 2.72. The number of rotatable bonds is 5. The van der Waals surface area contributed by atoms with Crippen molar-refractivity contribution in [2.45, 2.75) is 0 Å². The van der Waals surface area contributed by atoms with Crippen molar-refractivity contribution in [2.24, 2.45) is 10.7 Å². The molecule has 0 bridgehead atoms. The summed E-state index contributed by atoms with van der Waals surface area (Å²) in [6.45, 7) is 3.65. The Balaban J connectivity index is 0.00000300. The molecule has 1 amide bonds. The molecule has 1 aliphatic heterocycles. The van der Waals surface area contributed by atoms with E-state index in [0.717, 1.165) is 31.9 Å². The Morgan fingerprint density at radius 3 is 2.41 bits per heavy atom. The summed E-state index contributed by atoms with van der Waals surface area (Å²) in [5.41, 5.74) is 7.28. The number of amides is 1. The van der Waals surface area contributed by atoms with Gasteiger partial charge in [-0.25, -0.2) is 4.39 Å². The average molecular weight is 513 g/mol. The van der Waals surface area contributed by atoms with Gasteiger partial charge in [0, 0.05) is 38.4 Å². The lowest BCUT2D eigenvalue weighted by atomic mass is 10.2. The number of nitrogens with zero attached hydrogens (tertiary/aromatic N) is 3. The summed E-state index contributed by atoms with van der Waals surface area (Å²) < 4.78 is 13.0. The van der Waals surface area contributed by atoms with Crippen LogP contribution in [0.5, 0.6) is 5.75 Å². The van der Waals surface area contributed by atoms with Crippen LogP contribution in [-0.2, 0) is 0 Å². The predicted molar refractivity (Wildman–Crippen MR) is 123 cm³/mol. The molecule has 0 spiro atoms. The molecular weight excluding hydrogens is 488 g/mol. The Labute approximate surface area is 186 Å². The van der Waals surface area contributed by atoms with E-state index in [9.17, 15) is 14.3 Å². The van der Waals surface area contributed by atoms with Gasteiger partial charge < -0.3 is 26.0 Å². The first-order valence-corrected chi connectivity index (χ1v) is 9.16. The Bertz CT molecular complexity index is 839. The van der Waals surface area contributed by atoms with Crippen LogP contribution in [0.1, 0.15) is 10.4 Å². The van der Waals surface area contributed by atoms with Crippen LogP contribution in [0.3, 0.4) is 0 Å². The molecule has 0 aliphatic carbocycles. The second-order valence-corrected chi connectivity index (χ2v) is 6.46. The third-order valence-corrected chi connectivity index (χ3v) is 4.62. The molecule has 3 rings (SSSR count). The molecule has 0 saturated carbocycles. The monoisotopic (exact) mass is 513 g/mol. The Kier molecular flexibility index (Phi) is 8.50. The maximum atomic E-state index is 13.0. The maximum absolute atomic E-state index is 13.0. The van der Waals surface area contributed by atoms with Gasteiger partial charge in [0.2, 0.25) is 0 Å². The van der Waals surface area contributed by atoms with Gasteiger partial charge in [-0.15, -0.1) is 24.0 Å². The lowest BCUT2D eigenvalue weighted by Gasteiger charge is -2.36. The molecule has 7 nitrogen and oxygen atoms in total. The summed E-state index contributed by atoms with van der Waals surface area (Å²) in [7, 11) is 0. The van der Waals surface area contributed by atoms with Crippen LogP contribution in [0.15, 0.2) is 53.5 Å². The van der Waals surface area contributed by atoms with Gasteiger partial charge in [-0.3, -0.25) is 9.79 Å². The Morgan fingerprint density at radius 2 is 1.76 bits per heavy atom. The summed E-state index contributed by atoms with van der Waals surface area (Å²) in [4.78, 5) is 20.5. The summed E-state index contributed by atoms with van der Waals surface area (Å²) in [5, 5.41) is 12.4. The molecule has 1 saturated heterocycles. The zero-order valence-electron chi connectivity index (χ0n) is 15.9. The number of halogens is 2. The van der Waals surface area contributed by atoms with Crippen LogP contribution in [0.25, 0.3) is 0 Å². The Hall–Kier alpha value is -2.56. The van der Waals surface area contributed by atoms with E-state index < -0.39 is 0 Å². The van der Waals surface area contributed by atoms with Crippen molar-refractivity contribution in [1.29, 1.82) is 0 Å². The second kappa shape index (κ2) is 10.8. The van der Waals surface area contributed by atoms with Crippen LogP contribution in [0, 0.1) is 5.82 Å². The number of aromatic hydroxyl groups is 1. The largest absolute Gasteiger partial charge is 0.507 e. The fourth-order valence-corrected chi connectivity index (χ4v) is 3.05. The van der Waals surface area contributed by atoms with Gasteiger partial charge in [0.25, 0.3) is 5.91 Å². The lowest BCUT2D eigenvalue weighted by molar-refractivity contribution is 0.0952. The fraction of sp³-hybridized carbons (Fsp3) is 0.300. The number of para-hydroxylation sites is 1. The van der Waals surface area contributed by atoms with Crippen LogP contribution >= 0.6 is 24.0 Å². The number of hydrogen-bond donors (Lipinski definition) is 3. The number of hydrogen-bond acceptors (Lipinski definition) is 4. The summed E-state index contributed by atoms with van der Waals surface area (Å²) >= 11 is 0. The summed E-state index contributed by atoms with van der Waals surface area (Å²) in [6, 6.07) is 12.8. The van der Waals surface area contributed by atoms with Gasteiger partial charge in [0.05, 0.1) is 12.1 Å². The van der Waals surface area contributed by atoms with Gasteiger partial charge in [0.1, 0.15) is 11.6 Å². The SMILES string of the molecule is I.NC(=NCCNC(=O)c1ccccc1O)N1CCN(c2ccc(F)cc2)CC1. The molecule has 0 atom stereocenters. The molecule has 1 aliphatic rings. The zero-order chi connectivity index (χ0) is 19.9. The number of nitrogens with two attached hydrogens (primary N) is 1. The number of carbonyl (C=O) groups excluding carboxylic acids is 1. The van der Waals surface area contributed by atoms with Crippen LogP contribution < -0.4 is 16.0 Å². The van der Waals surface area contributed by atoms with Crippen molar-refractivity contribution in [3.63, 3.8) is 0 Å². The minimum atomic E-state index is -0.347. The van der Waals surface area contributed by atoms with Crippen LogP contribution in [-0.4, -0.2) is 61.1 Å². The zero-order valence-corrected chi connectivity index (χ0v) is 18.3. The summed E-state index contributed by atoms with van der Waals surface area (Å²) in [5.74, 6) is -0.203. The van der Waals surface area contributed by atoms with E-state index in [0.29, 0.717) is 19.0 Å². The molecule has 0 radical (unpaired) electrons. The quantitative estimate of drug-likeness (QED) is 0.246. The molecule has 2 aromatic rings. The topological polar surface area (TPSA) is 94.2 Å². The highest BCUT2D eigenvalue weighted by atomic mass is 127. The molecule has 4 N–H and O–H groups in total. The van der Waals surface area contributed by atoms with E-state index in [1.54, 1.807) is 30.3 Å². The molecule has 2 aromatic carbocycles. The third kappa shape index (κ3) is 6.21. The number of anilines is 1.